The Balaban J connectivity index is 0.00000137. The second-order valence-corrected chi connectivity index (χ2v) is 3.30. The van der Waals surface area contributed by atoms with Crippen molar-refractivity contribution >= 4 is 35.1 Å². The molecule has 8 heteroatoms. The molecule has 0 saturated carbocycles. The van der Waals surface area contributed by atoms with E-state index in [2.05, 4.69) is 29.6 Å². The van der Waals surface area contributed by atoms with Gasteiger partial charge < -0.3 is 0 Å². The third-order valence-corrected chi connectivity index (χ3v) is 2.22. The number of hydrogen-bond donors (Lipinski definition) is 0. The zero-order valence-electron chi connectivity index (χ0n) is 8.74. The van der Waals surface area contributed by atoms with Crippen LogP contribution in [-0.2, 0) is 16.3 Å². The van der Waals surface area contributed by atoms with E-state index in [1.165, 1.54) is 34.5 Å². The molecule has 0 unspecified atom stereocenters. The van der Waals surface area contributed by atoms with Crippen LogP contribution in [0.3, 0.4) is 0 Å². The Bertz CT molecular complexity index is 389. The van der Waals surface area contributed by atoms with Crippen molar-refractivity contribution in [1.82, 2.24) is 0 Å². The summed E-state index contributed by atoms with van der Waals surface area (Å²) in [5, 5.41) is 0. The van der Waals surface area contributed by atoms with E-state index in [9.17, 15) is 22.0 Å². The van der Waals surface area contributed by atoms with E-state index in [1.807, 2.05) is 0 Å². The zero-order valence-corrected chi connectivity index (χ0v) is 14.9. The van der Waals surface area contributed by atoms with Crippen molar-refractivity contribution in [3.63, 3.8) is 0 Å². The van der Waals surface area contributed by atoms with Crippen LogP contribution in [0.2, 0.25) is 0 Å². The van der Waals surface area contributed by atoms with Crippen LogP contribution < -0.4 is 0 Å². The first-order valence-electron chi connectivity index (χ1n) is 4.31. The van der Waals surface area contributed by atoms with Crippen molar-refractivity contribution in [3.8, 4) is 0 Å². The van der Waals surface area contributed by atoms with Gasteiger partial charge in [0.05, 0.1) is 0 Å². The van der Waals surface area contributed by atoms with E-state index in [0.29, 0.717) is 0 Å². The molecule has 0 saturated heterocycles. The van der Waals surface area contributed by atoms with Crippen LogP contribution in [0.5, 0.6) is 0 Å². The summed E-state index contributed by atoms with van der Waals surface area (Å²) < 4.78 is 62.4. The van der Waals surface area contributed by atoms with Gasteiger partial charge in [-0.2, -0.15) is 48.4 Å². The summed E-state index contributed by atoms with van der Waals surface area (Å²) in [6.45, 7) is 0. The van der Waals surface area contributed by atoms with Crippen LogP contribution in [0.25, 0.3) is 5.57 Å². The topological polar surface area (TPSA) is 0 Å². The third-order valence-electron chi connectivity index (χ3n) is 1.83. The van der Waals surface area contributed by atoms with Gasteiger partial charge in [0.1, 0.15) is 0 Å². The third kappa shape index (κ3) is 4.39. The molecule has 0 radical (unpaired) electrons. The summed E-state index contributed by atoms with van der Waals surface area (Å²) in [5.41, 5.74) is -1.47. The SMILES string of the molecule is FC(F)(F)C(F)(F)C(=[C-]Br)c1ccccc1.[Zn+][Br]. The molecule has 96 valence electrons. The van der Waals surface area contributed by atoms with Crippen LogP contribution in [0, 0.1) is 4.99 Å². The molecule has 0 aromatic heterocycles. The van der Waals surface area contributed by atoms with Crippen molar-refractivity contribution in [2.24, 2.45) is 0 Å². The van der Waals surface area contributed by atoms with Gasteiger partial charge in [-0.25, -0.2) is 0 Å². The molecule has 1 aromatic carbocycles. The fourth-order valence-corrected chi connectivity index (χ4v) is 1.52. The average Bonchev–Trinajstić information content (AvgIpc) is 2.32. The zero-order chi connectivity index (χ0) is 14.4. The maximum atomic E-state index is 13.0. The number of alkyl halides is 5. The summed E-state index contributed by atoms with van der Waals surface area (Å²) in [7, 11) is 0. The van der Waals surface area contributed by atoms with Gasteiger partial charge in [0.2, 0.25) is 0 Å². The molecule has 0 aliphatic rings. The molecule has 0 bridgehead atoms. The molecule has 0 amide bonds. The molecule has 1 rings (SSSR count). The first-order chi connectivity index (χ1) is 8.30. The van der Waals surface area contributed by atoms with Gasteiger partial charge in [-0.1, -0.05) is 18.2 Å². The van der Waals surface area contributed by atoms with Crippen LogP contribution in [0.4, 0.5) is 22.0 Å². The van der Waals surface area contributed by atoms with E-state index in [-0.39, 0.29) is 5.56 Å². The minimum atomic E-state index is -5.64. The maximum absolute atomic E-state index is 13.0. The first kappa shape index (κ1) is 18.2. The van der Waals surface area contributed by atoms with Gasteiger partial charge in [0, 0.05) is 0 Å². The molecule has 0 aliphatic heterocycles. The normalized spacial score (nSPS) is 12.8. The predicted molar refractivity (Wildman–Crippen MR) is 61.9 cm³/mol. The van der Waals surface area contributed by atoms with Crippen molar-refractivity contribution in [3.05, 3.63) is 40.9 Å². The molecular formula is C10H5Br2F5Zn. The molecule has 0 nitrogen and oxygen atoms in total. The number of rotatable bonds is 2. The molecule has 1 aromatic rings. The summed E-state index contributed by atoms with van der Waals surface area (Å²) in [6, 6.07) is 6.56. The summed E-state index contributed by atoms with van der Waals surface area (Å²) in [6.07, 6.45) is -5.64. The van der Waals surface area contributed by atoms with Crippen LogP contribution in [0.15, 0.2) is 30.3 Å². The van der Waals surface area contributed by atoms with Gasteiger partial charge in [-0.15, -0.1) is 17.7 Å². The molecule has 0 fully saturated rings. The number of hydrogen-bond acceptors (Lipinski definition) is 0. The van der Waals surface area contributed by atoms with Crippen LogP contribution in [-0.4, -0.2) is 12.1 Å². The summed E-state index contributed by atoms with van der Waals surface area (Å²) in [4.78, 5) is 1.72. The molecule has 0 atom stereocenters. The van der Waals surface area contributed by atoms with Crippen molar-refractivity contribution in [2.75, 3.05) is 0 Å². The Morgan fingerprint density at radius 2 is 1.44 bits per heavy atom. The average molecular weight is 445 g/mol. The van der Waals surface area contributed by atoms with Gasteiger partial charge in [-0.05, 0) is 0 Å². The monoisotopic (exact) mass is 442 g/mol. The molecule has 0 spiro atoms. The Labute approximate surface area is 126 Å². The van der Waals surface area contributed by atoms with Crippen molar-refractivity contribution in [1.29, 1.82) is 0 Å². The first-order valence-corrected chi connectivity index (χ1v) is 12.1. The quantitative estimate of drug-likeness (QED) is 0.331. The molecule has 0 N–H and O–H groups in total. The Kier molecular flexibility index (Phi) is 7.79. The van der Waals surface area contributed by atoms with Crippen LogP contribution >= 0.6 is 29.6 Å². The number of benzene rings is 1. The Morgan fingerprint density at radius 1 is 1.00 bits per heavy atom. The van der Waals surface area contributed by atoms with E-state index < -0.39 is 17.7 Å². The standard InChI is InChI=1S/C10H5BrF5.BrH.Zn/c11-6-8(7-4-2-1-3-5-7)9(12,13)10(14,15)16;;/h1-5H;1H;/q-1;;+2/p-1. The number of halogens is 7. The molecule has 0 aliphatic carbocycles. The van der Waals surface area contributed by atoms with E-state index in [1.54, 1.807) is 4.99 Å². The molecule has 18 heavy (non-hydrogen) atoms. The van der Waals surface area contributed by atoms with Crippen molar-refractivity contribution in [2.45, 2.75) is 12.1 Å². The van der Waals surface area contributed by atoms with Gasteiger partial charge in [-0.3, -0.25) is 0 Å². The van der Waals surface area contributed by atoms with Crippen molar-refractivity contribution < 1.29 is 38.3 Å². The van der Waals surface area contributed by atoms with Gasteiger partial charge >= 0.3 is 42.1 Å². The molecule has 0 heterocycles. The summed E-state index contributed by atoms with van der Waals surface area (Å²) >= 11 is 6.66. The van der Waals surface area contributed by atoms with Gasteiger partial charge in [0.25, 0.3) is 0 Å². The second kappa shape index (κ2) is 7.70. The van der Waals surface area contributed by atoms with E-state index in [4.69, 9.17) is 0 Å². The summed E-state index contributed by atoms with van der Waals surface area (Å²) in [5.74, 6) is -4.93. The van der Waals surface area contributed by atoms with E-state index in [0.717, 1.165) is 12.1 Å². The van der Waals surface area contributed by atoms with Gasteiger partial charge in [0.15, 0.2) is 0 Å². The van der Waals surface area contributed by atoms with E-state index >= 15 is 0 Å². The van der Waals surface area contributed by atoms with Crippen LogP contribution in [0.1, 0.15) is 5.56 Å². The molecular weight excluding hydrogens is 440 g/mol. The Hall–Kier alpha value is 0.193. The minimum absolute atomic E-state index is 0.235. The Morgan fingerprint density at radius 3 is 1.78 bits per heavy atom. The fraction of sp³-hybridized carbons (Fsp3) is 0.200. The predicted octanol–water partition coefficient (Wildman–Crippen LogP) is 5.27. The fourth-order valence-electron chi connectivity index (χ4n) is 1.04. The second-order valence-electron chi connectivity index (χ2n) is 2.91. The number of allylic oxidation sites excluding steroid dienone is 1.